The molecule has 8 heteroatoms. The summed E-state index contributed by atoms with van der Waals surface area (Å²) in [5, 5.41) is 0.718. The molecule has 4 heterocycles. The van der Waals surface area contributed by atoms with E-state index in [1.54, 1.807) is 17.5 Å². The number of fused-ring (bicyclic) bond motifs is 1. The van der Waals surface area contributed by atoms with Crippen molar-refractivity contribution in [2.24, 2.45) is 12.8 Å². The van der Waals surface area contributed by atoms with Crippen molar-refractivity contribution >= 4 is 21.6 Å². The Balaban J connectivity index is 1.58. The first kappa shape index (κ1) is 16.4. The van der Waals surface area contributed by atoms with Crippen molar-refractivity contribution in [3.8, 4) is 0 Å². The van der Waals surface area contributed by atoms with Crippen LogP contribution in [0.1, 0.15) is 28.0 Å². The Morgan fingerprint density at radius 2 is 2.20 bits per heavy atom. The Morgan fingerprint density at radius 1 is 1.40 bits per heavy atom. The highest BCUT2D eigenvalue weighted by Crippen LogP contribution is 2.28. The van der Waals surface area contributed by atoms with Gasteiger partial charge < -0.3 is 15.3 Å². The summed E-state index contributed by atoms with van der Waals surface area (Å²) in [7, 11) is 1.99. The zero-order valence-electron chi connectivity index (χ0n) is 14.6. The molecule has 25 heavy (non-hydrogen) atoms. The van der Waals surface area contributed by atoms with Gasteiger partial charge in [0.15, 0.2) is 0 Å². The zero-order chi connectivity index (χ0) is 17.7. The molecule has 3 aromatic rings. The third-order valence-corrected chi connectivity index (χ3v) is 6.19. The van der Waals surface area contributed by atoms with Crippen LogP contribution in [0, 0.1) is 13.8 Å². The van der Waals surface area contributed by atoms with E-state index in [0.717, 1.165) is 39.6 Å². The molecule has 3 aromatic heterocycles. The summed E-state index contributed by atoms with van der Waals surface area (Å²) in [6, 6.07) is 0.0304. The molecule has 0 saturated carbocycles. The Morgan fingerprint density at radius 3 is 2.92 bits per heavy atom. The van der Waals surface area contributed by atoms with Gasteiger partial charge in [-0.3, -0.25) is 9.69 Å². The minimum Gasteiger partial charge on any atom is -0.338 e. The van der Waals surface area contributed by atoms with Gasteiger partial charge in [-0.15, -0.1) is 11.3 Å². The predicted octanol–water partition coefficient (Wildman–Crippen LogP) is 1.26. The molecule has 0 bridgehead atoms. The van der Waals surface area contributed by atoms with Crippen LogP contribution < -0.4 is 11.3 Å². The summed E-state index contributed by atoms with van der Waals surface area (Å²) in [6.07, 6.45) is 3.75. The van der Waals surface area contributed by atoms with Crippen LogP contribution >= 0.6 is 11.3 Å². The summed E-state index contributed by atoms with van der Waals surface area (Å²) >= 11 is 1.58. The van der Waals surface area contributed by atoms with Crippen molar-refractivity contribution in [1.82, 2.24) is 24.4 Å². The van der Waals surface area contributed by atoms with Crippen LogP contribution in [0.15, 0.2) is 17.2 Å². The summed E-state index contributed by atoms with van der Waals surface area (Å²) < 4.78 is 2.03. The summed E-state index contributed by atoms with van der Waals surface area (Å²) in [4.78, 5) is 28.7. The first-order valence-corrected chi connectivity index (χ1v) is 9.19. The molecule has 2 atom stereocenters. The smallest absolute Gasteiger partial charge is 0.259 e. The maximum Gasteiger partial charge on any atom is 0.259 e. The quantitative estimate of drug-likeness (QED) is 0.735. The zero-order valence-corrected chi connectivity index (χ0v) is 15.4. The highest BCUT2D eigenvalue weighted by Gasteiger charge is 2.34. The molecule has 0 unspecified atom stereocenters. The Labute approximate surface area is 149 Å². The molecule has 1 fully saturated rings. The fourth-order valence-corrected chi connectivity index (χ4v) is 4.68. The second-order valence-electron chi connectivity index (χ2n) is 6.84. The average molecular weight is 358 g/mol. The van der Waals surface area contributed by atoms with Crippen LogP contribution in [0.25, 0.3) is 10.2 Å². The van der Waals surface area contributed by atoms with Gasteiger partial charge in [-0.25, -0.2) is 9.97 Å². The number of rotatable bonds is 3. The number of aromatic nitrogens is 4. The third kappa shape index (κ3) is 2.80. The number of aryl methyl sites for hydroxylation is 3. The molecule has 7 nitrogen and oxygen atoms in total. The fourth-order valence-electron chi connectivity index (χ4n) is 3.64. The molecule has 1 aliphatic rings. The minimum atomic E-state index is -0.0500. The number of nitrogens with zero attached hydrogens (tertiary/aromatic N) is 4. The molecule has 0 amide bonds. The largest absolute Gasteiger partial charge is 0.338 e. The maximum absolute atomic E-state index is 12.4. The number of aromatic amines is 1. The van der Waals surface area contributed by atoms with Gasteiger partial charge in [0.1, 0.15) is 16.5 Å². The number of hydrogen-bond donors (Lipinski definition) is 2. The van der Waals surface area contributed by atoms with Crippen molar-refractivity contribution in [3.63, 3.8) is 0 Å². The summed E-state index contributed by atoms with van der Waals surface area (Å²) in [5.41, 5.74) is 7.32. The number of thiophene rings is 1. The highest BCUT2D eigenvalue weighted by molar-refractivity contribution is 7.18. The highest BCUT2D eigenvalue weighted by atomic mass is 32.1. The molecular formula is C17H22N6OS. The van der Waals surface area contributed by atoms with Gasteiger partial charge >= 0.3 is 0 Å². The summed E-state index contributed by atoms with van der Waals surface area (Å²) in [5.74, 6) is 1.91. The fraction of sp³-hybridized carbons (Fsp3) is 0.471. The van der Waals surface area contributed by atoms with Crippen molar-refractivity contribution in [3.05, 3.63) is 44.8 Å². The lowest BCUT2D eigenvalue weighted by atomic mass is 10.0. The van der Waals surface area contributed by atoms with Crippen molar-refractivity contribution in [1.29, 1.82) is 0 Å². The molecule has 132 valence electrons. The summed E-state index contributed by atoms with van der Waals surface area (Å²) in [6.45, 7) is 6.17. The minimum absolute atomic E-state index is 0.0304. The first-order chi connectivity index (χ1) is 11.9. The number of H-pyrrole nitrogens is 1. The normalized spacial score (nSPS) is 21.4. The van der Waals surface area contributed by atoms with Crippen LogP contribution in [0.5, 0.6) is 0 Å². The number of likely N-dealkylation sites (tertiary alicyclic amines) is 1. The standard InChI is InChI=1S/C17H22N6OS/c1-9-10(2)25-17-14(9)16(24)20-13(21-17)8-23-6-11(12(18)7-23)15-19-4-5-22(15)3/h4-5,11-12H,6-8,18H2,1-3H3,(H,20,21,24)/t11-,12-/m1/s1. The van der Waals surface area contributed by atoms with Crippen LogP contribution in [-0.2, 0) is 13.6 Å². The number of nitrogens with two attached hydrogens (primary N) is 1. The van der Waals surface area contributed by atoms with Gasteiger partial charge in [0.25, 0.3) is 5.56 Å². The van der Waals surface area contributed by atoms with Crippen LogP contribution in [0.3, 0.4) is 0 Å². The predicted molar refractivity (Wildman–Crippen MR) is 98.9 cm³/mol. The van der Waals surface area contributed by atoms with E-state index in [9.17, 15) is 4.79 Å². The average Bonchev–Trinajstić information content (AvgIpc) is 3.19. The molecule has 1 saturated heterocycles. The molecule has 0 radical (unpaired) electrons. The Kier molecular flexibility index (Phi) is 3.98. The Bertz CT molecular complexity index is 987. The van der Waals surface area contributed by atoms with E-state index in [1.807, 2.05) is 31.7 Å². The van der Waals surface area contributed by atoms with E-state index in [2.05, 4.69) is 19.9 Å². The van der Waals surface area contributed by atoms with Gasteiger partial charge in [0, 0.05) is 49.4 Å². The SMILES string of the molecule is Cc1sc2nc(CN3C[C@@H](N)[C@H](c4nccn4C)C3)[nH]c(=O)c2c1C. The number of nitrogens with one attached hydrogen (secondary N) is 1. The topological polar surface area (TPSA) is 92.8 Å². The molecule has 0 aliphatic carbocycles. The van der Waals surface area contributed by atoms with E-state index in [0.29, 0.717) is 12.4 Å². The maximum atomic E-state index is 12.4. The molecule has 0 spiro atoms. The van der Waals surface area contributed by atoms with E-state index < -0.39 is 0 Å². The molecule has 1 aliphatic heterocycles. The van der Waals surface area contributed by atoms with Gasteiger partial charge in [-0.2, -0.15) is 0 Å². The third-order valence-electron chi connectivity index (χ3n) is 5.09. The number of hydrogen-bond acceptors (Lipinski definition) is 6. The lowest BCUT2D eigenvalue weighted by molar-refractivity contribution is 0.314. The van der Waals surface area contributed by atoms with E-state index in [-0.39, 0.29) is 17.5 Å². The second-order valence-corrected chi connectivity index (χ2v) is 8.04. The Hall–Kier alpha value is -2.03. The van der Waals surface area contributed by atoms with Gasteiger partial charge in [-0.05, 0) is 19.4 Å². The number of imidazole rings is 1. The first-order valence-electron chi connectivity index (χ1n) is 8.38. The monoisotopic (exact) mass is 358 g/mol. The molecule has 4 rings (SSSR count). The van der Waals surface area contributed by atoms with Gasteiger partial charge in [0.05, 0.1) is 11.9 Å². The molecule has 0 aromatic carbocycles. The van der Waals surface area contributed by atoms with Gasteiger partial charge in [0.2, 0.25) is 0 Å². The van der Waals surface area contributed by atoms with Gasteiger partial charge in [-0.1, -0.05) is 0 Å². The van der Waals surface area contributed by atoms with Crippen LogP contribution in [0.4, 0.5) is 0 Å². The lowest BCUT2D eigenvalue weighted by Gasteiger charge is -2.15. The molecular weight excluding hydrogens is 336 g/mol. The second kappa shape index (κ2) is 6.05. The van der Waals surface area contributed by atoms with E-state index >= 15 is 0 Å². The lowest BCUT2D eigenvalue weighted by Crippen LogP contribution is -2.30. The van der Waals surface area contributed by atoms with E-state index in [4.69, 9.17) is 5.73 Å². The molecule has 3 N–H and O–H groups in total. The van der Waals surface area contributed by atoms with Crippen molar-refractivity contribution < 1.29 is 0 Å². The van der Waals surface area contributed by atoms with Crippen LogP contribution in [0.2, 0.25) is 0 Å². The van der Waals surface area contributed by atoms with Crippen molar-refractivity contribution in [2.45, 2.75) is 32.4 Å². The van der Waals surface area contributed by atoms with Crippen molar-refractivity contribution in [2.75, 3.05) is 13.1 Å². The van der Waals surface area contributed by atoms with E-state index in [1.165, 1.54) is 0 Å². The van der Waals surface area contributed by atoms with Crippen LogP contribution in [-0.4, -0.2) is 43.6 Å².